The largest absolute Gasteiger partial charge is 0.505 e. The Balaban J connectivity index is 2.08. The Bertz CT molecular complexity index is 798. The molecule has 0 unspecified atom stereocenters. The van der Waals surface area contributed by atoms with E-state index in [0.29, 0.717) is 11.3 Å². The fourth-order valence-electron chi connectivity index (χ4n) is 1.87. The van der Waals surface area contributed by atoms with E-state index in [-0.39, 0.29) is 30.0 Å². The summed E-state index contributed by atoms with van der Waals surface area (Å²) in [6.07, 6.45) is 4.14. The molecule has 0 aliphatic rings. The van der Waals surface area contributed by atoms with Gasteiger partial charge in [-0.15, -0.1) is 0 Å². The lowest BCUT2D eigenvalue weighted by molar-refractivity contribution is -0.121. The summed E-state index contributed by atoms with van der Waals surface area (Å²) in [7, 11) is 0. The first-order valence-electron chi connectivity index (χ1n) is 6.78. The number of carbonyl (C=O) groups is 1. The summed E-state index contributed by atoms with van der Waals surface area (Å²) < 4.78 is 1.23. The lowest BCUT2D eigenvalue weighted by Crippen LogP contribution is -2.29. The van der Waals surface area contributed by atoms with Crippen LogP contribution >= 0.6 is 0 Å². The van der Waals surface area contributed by atoms with Crippen molar-refractivity contribution in [1.29, 1.82) is 0 Å². The van der Waals surface area contributed by atoms with E-state index in [4.69, 9.17) is 0 Å². The van der Waals surface area contributed by atoms with Crippen LogP contribution in [0.4, 0.5) is 0 Å². The van der Waals surface area contributed by atoms with Gasteiger partial charge in [0.15, 0.2) is 0 Å². The molecule has 2 heterocycles. The van der Waals surface area contributed by atoms with Gasteiger partial charge in [0, 0.05) is 29.6 Å². The minimum atomic E-state index is -0.495. The maximum absolute atomic E-state index is 11.8. The molecule has 0 aliphatic carbocycles. The Morgan fingerprint density at radius 2 is 2.26 bits per heavy atom. The van der Waals surface area contributed by atoms with Crippen LogP contribution < -0.4 is 11.0 Å². The van der Waals surface area contributed by atoms with E-state index in [2.05, 4.69) is 15.5 Å². The Morgan fingerprint density at radius 1 is 1.48 bits per heavy atom. The van der Waals surface area contributed by atoms with Gasteiger partial charge < -0.3 is 14.8 Å². The summed E-state index contributed by atoms with van der Waals surface area (Å²) in [5.41, 5.74) is 3.00. The van der Waals surface area contributed by atoms with Gasteiger partial charge in [-0.3, -0.25) is 14.6 Å². The highest BCUT2D eigenvalue weighted by Crippen LogP contribution is 2.21. The van der Waals surface area contributed by atoms with Gasteiger partial charge in [-0.2, -0.15) is 5.10 Å². The van der Waals surface area contributed by atoms with Gasteiger partial charge in [-0.25, -0.2) is 5.43 Å². The van der Waals surface area contributed by atoms with E-state index in [1.165, 1.54) is 29.2 Å². The number of pyridine rings is 2. The van der Waals surface area contributed by atoms with Crippen molar-refractivity contribution in [2.75, 3.05) is 0 Å². The fraction of sp³-hybridized carbons (Fsp3) is 0.200. The lowest BCUT2D eigenvalue weighted by atomic mass is 10.1. The topological polar surface area (TPSA) is 117 Å². The summed E-state index contributed by atoms with van der Waals surface area (Å²) in [4.78, 5) is 27.2. The first-order chi connectivity index (χ1) is 11.0. The van der Waals surface area contributed by atoms with Gasteiger partial charge >= 0.3 is 0 Å². The van der Waals surface area contributed by atoms with Crippen molar-refractivity contribution in [3.63, 3.8) is 0 Å². The smallest absolute Gasteiger partial charge is 0.260 e. The minimum Gasteiger partial charge on any atom is -0.505 e. The number of aliphatic hydroxyl groups is 1. The van der Waals surface area contributed by atoms with Gasteiger partial charge in [0.05, 0.1) is 18.5 Å². The number of hydrogen-bond donors (Lipinski definition) is 3. The van der Waals surface area contributed by atoms with Crippen molar-refractivity contribution in [3.05, 3.63) is 57.8 Å². The molecule has 0 fully saturated rings. The average molecular weight is 316 g/mol. The van der Waals surface area contributed by atoms with Crippen molar-refractivity contribution in [2.24, 2.45) is 5.10 Å². The zero-order valence-corrected chi connectivity index (χ0v) is 12.4. The number of aromatic hydroxyl groups is 1. The van der Waals surface area contributed by atoms with Crippen molar-refractivity contribution in [1.82, 2.24) is 15.0 Å². The maximum atomic E-state index is 11.8. The van der Waals surface area contributed by atoms with Crippen LogP contribution in [0.15, 0.2) is 40.5 Å². The Labute approximate surface area is 131 Å². The van der Waals surface area contributed by atoms with Crippen molar-refractivity contribution < 1.29 is 15.0 Å². The predicted molar refractivity (Wildman–Crippen MR) is 83.0 cm³/mol. The predicted octanol–water partition coefficient (Wildman–Crippen LogP) is -0.100. The van der Waals surface area contributed by atoms with E-state index < -0.39 is 5.91 Å². The summed E-state index contributed by atoms with van der Waals surface area (Å²) in [6, 6.07) is 4.57. The third-order valence-electron chi connectivity index (χ3n) is 3.12. The number of carbonyl (C=O) groups excluding carboxylic acids is 1. The molecule has 2 rings (SSSR count). The minimum absolute atomic E-state index is 0.117. The molecule has 0 aliphatic heterocycles. The monoisotopic (exact) mass is 316 g/mol. The van der Waals surface area contributed by atoms with Crippen molar-refractivity contribution in [3.8, 4) is 5.75 Å². The van der Waals surface area contributed by atoms with Gasteiger partial charge in [-0.05, 0) is 13.0 Å². The van der Waals surface area contributed by atoms with Crippen LogP contribution in [0.2, 0.25) is 0 Å². The van der Waals surface area contributed by atoms with Crippen LogP contribution in [0.5, 0.6) is 5.75 Å². The Morgan fingerprint density at radius 3 is 2.96 bits per heavy atom. The van der Waals surface area contributed by atoms with Gasteiger partial charge in [0.2, 0.25) is 0 Å². The molecular formula is C15H16N4O4. The molecule has 23 heavy (non-hydrogen) atoms. The summed E-state index contributed by atoms with van der Waals surface area (Å²) in [6.45, 7) is 1.11. The van der Waals surface area contributed by atoms with E-state index in [0.717, 1.165) is 0 Å². The first-order valence-corrected chi connectivity index (χ1v) is 6.78. The third-order valence-corrected chi connectivity index (χ3v) is 3.12. The molecule has 8 heteroatoms. The molecule has 0 saturated carbocycles. The molecule has 3 N–H and O–H groups in total. The molecule has 2 aromatic rings. The summed E-state index contributed by atoms with van der Waals surface area (Å²) >= 11 is 0. The second-order valence-electron chi connectivity index (χ2n) is 4.75. The molecule has 1 amide bonds. The molecule has 120 valence electrons. The molecule has 0 saturated heterocycles. The number of rotatable bonds is 5. The highest BCUT2D eigenvalue weighted by molar-refractivity contribution is 5.87. The average Bonchev–Trinajstić information content (AvgIpc) is 2.54. The SMILES string of the molecule is Cc1ncc(CO)c(/C=N/NC(=O)Cn2ccccc2=O)c1O. The van der Waals surface area contributed by atoms with E-state index in [9.17, 15) is 19.8 Å². The first kappa shape index (κ1) is 16.4. The zero-order chi connectivity index (χ0) is 16.8. The van der Waals surface area contributed by atoms with Gasteiger partial charge in [0.25, 0.3) is 11.5 Å². The molecule has 0 aromatic carbocycles. The molecule has 2 aromatic heterocycles. The number of aliphatic hydroxyl groups excluding tert-OH is 1. The van der Waals surface area contributed by atoms with Gasteiger partial charge in [0.1, 0.15) is 12.3 Å². The molecule has 8 nitrogen and oxygen atoms in total. The Hall–Kier alpha value is -3.00. The number of nitrogens with one attached hydrogen (secondary N) is 1. The third kappa shape index (κ3) is 4.01. The van der Waals surface area contributed by atoms with Crippen molar-refractivity contribution >= 4 is 12.1 Å². The van der Waals surface area contributed by atoms with Crippen LogP contribution in [0.3, 0.4) is 0 Å². The Kier molecular flexibility index (Phi) is 5.21. The fourth-order valence-corrected chi connectivity index (χ4v) is 1.87. The zero-order valence-electron chi connectivity index (χ0n) is 12.4. The summed E-state index contributed by atoms with van der Waals surface area (Å²) in [5.74, 6) is -0.612. The number of hydrazone groups is 1. The normalized spacial score (nSPS) is 10.9. The van der Waals surface area contributed by atoms with E-state index in [1.807, 2.05) is 0 Å². The van der Waals surface area contributed by atoms with Crippen LogP contribution in [-0.2, 0) is 17.9 Å². The van der Waals surface area contributed by atoms with Crippen LogP contribution in [0, 0.1) is 6.92 Å². The van der Waals surface area contributed by atoms with E-state index >= 15 is 0 Å². The second-order valence-corrected chi connectivity index (χ2v) is 4.75. The highest BCUT2D eigenvalue weighted by atomic mass is 16.3. The number of aromatic nitrogens is 2. The standard InChI is InChI=1S/C15H16N4O4/c1-10-15(23)12(11(9-20)6-16-10)7-17-18-13(21)8-19-5-3-2-4-14(19)22/h2-7,20,23H,8-9H2,1H3,(H,18,21)/b17-7+. The molecule has 0 radical (unpaired) electrons. The maximum Gasteiger partial charge on any atom is 0.260 e. The van der Waals surface area contributed by atoms with E-state index in [1.54, 1.807) is 19.1 Å². The van der Waals surface area contributed by atoms with Crippen LogP contribution in [0.1, 0.15) is 16.8 Å². The summed E-state index contributed by atoms with van der Waals surface area (Å²) in [5, 5.41) is 22.9. The molecule has 0 spiro atoms. The van der Waals surface area contributed by atoms with Crippen LogP contribution in [0.25, 0.3) is 0 Å². The highest BCUT2D eigenvalue weighted by Gasteiger charge is 2.09. The number of hydrogen-bond acceptors (Lipinski definition) is 6. The second kappa shape index (κ2) is 7.32. The molecular weight excluding hydrogens is 300 g/mol. The molecule has 0 atom stereocenters. The van der Waals surface area contributed by atoms with Crippen molar-refractivity contribution in [2.45, 2.75) is 20.1 Å². The number of amides is 1. The van der Waals surface area contributed by atoms with Crippen LogP contribution in [-0.4, -0.2) is 31.9 Å². The number of nitrogens with zero attached hydrogens (tertiary/aromatic N) is 3. The lowest BCUT2D eigenvalue weighted by Gasteiger charge is -2.07. The molecule has 0 bridgehead atoms. The van der Waals surface area contributed by atoms with Gasteiger partial charge in [-0.1, -0.05) is 6.07 Å². The quantitative estimate of drug-likeness (QED) is 0.526. The number of aryl methyl sites for hydroxylation is 1.